The van der Waals surface area contributed by atoms with Crippen molar-refractivity contribution in [2.75, 3.05) is 19.8 Å². The van der Waals surface area contributed by atoms with E-state index in [0.29, 0.717) is 13.0 Å². The first-order valence-corrected chi connectivity index (χ1v) is 7.65. The fourth-order valence-corrected chi connectivity index (χ4v) is 1.81. The highest BCUT2D eigenvalue weighted by Gasteiger charge is 2.22. The van der Waals surface area contributed by atoms with Crippen LogP contribution in [0.15, 0.2) is 24.3 Å². The van der Waals surface area contributed by atoms with Gasteiger partial charge in [0.1, 0.15) is 17.0 Å². The van der Waals surface area contributed by atoms with Crippen LogP contribution in [0.1, 0.15) is 40.0 Å². The molecule has 1 unspecified atom stereocenters. The molecule has 0 amide bonds. The van der Waals surface area contributed by atoms with Crippen LogP contribution < -0.4 is 14.8 Å². The lowest BCUT2D eigenvalue weighted by Crippen LogP contribution is -2.42. The number of nitrogens with zero attached hydrogens (tertiary/aromatic N) is 1. The minimum Gasteiger partial charge on any atom is -0.494 e. The summed E-state index contributed by atoms with van der Waals surface area (Å²) < 4.78 is 11.2. The van der Waals surface area contributed by atoms with Gasteiger partial charge in [-0.25, -0.2) is 0 Å². The predicted octanol–water partition coefficient (Wildman–Crippen LogP) is 3.53. The monoisotopic (exact) mass is 290 g/mol. The standard InChI is InChI=1S/C17H26N2O2/c1-4-11-19-17(3,14-18)10-13-21-16-8-6-15(7-9-16)20-12-5-2/h6-9,19H,4-5,10-13H2,1-3H3. The van der Waals surface area contributed by atoms with Gasteiger partial charge in [0, 0.05) is 6.42 Å². The molecule has 4 nitrogen and oxygen atoms in total. The maximum Gasteiger partial charge on any atom is 0.119 e. The molecule has 0 saturated carbocycles. The molecule has 0 radical (unpaired) electrons. The zero-order valence-corrected chi connectivity index (χ0v) is 13.3. The number of ether oxygens (including phenoxy) is 2. The molecule has 1 aromatic carbocycles. The number of nitrogens with one attached hydrogen (secondary N) is 1. The van der Waals surface area contributed by atoms with Gasteiger partial charge in [-0.3, -0.25) is 5.32 Å². The zero-order chi connectivity index (χ0) is 15.6. The van der Waals surface area contributed by atoms with Gasteiger partial charge < -0.3 is 9.47 Å². The molecule has 0 aliphatic rings. The maximum absolute atomic E-state index is 9.24. The molecule has 1 aromatic rings. The number of rotatable bonds is 10. The van der Waals surface area contributed by atoms with Crippen molar-refractivity contribution in [1.29, 1.82) is 5.26 Å². The smallest absolute Gasteiger partial charge is 0.119 e. The Balaban J connectivity index is 2.39. The Kier molecular flexibility index (Phi) is 7.63. The first-order valence-electron chi connectivity index (χ1n) is 7.65. The second kappa shape index (κ2) is 9.25. The summed E-state index contributed by atoms with van der Waals surface area (Å²) in [6.07, 6.45) is 2.66. The lowest BCUT2D eigenvalue weighted by molar-refractivity contribution is 0.266. The normalized spacial score (nSPS) is 13.2. The van der Waals surface area contributed by atoms with Gasteiger partial charge in [-0.05, 0) is 50.6 Å². The number of hydrogen-bond acceptors (Lipinski definition) is 4. The maximum atomic E-state index is 9.24. The van der Waals surface area contributed by atoms with Crippen LogP contribution in [0.2, 0.25) is 0 Å². The topological polar surface area (TPSA) is 54.3 Å². The van der Waals surface area contributed by atoms with Gasteiger partial charge in [0.25, 0.3) is 0 Å². The van der Waals surface area contributed by atoms with E-state index in [4.69, 9.17) is 9.47 Å². The Morgan fingerprint density at radius 3 is 2.10 bits per heavy atom. The van der Waals surface area contributed by atoms with Crippen molar-refractivity contribution in [2.45, 2.75) is 45.6 Å². The van der Waals surface area contributed by atoms with Crippen molar-refractivity contribution in [3.63, 3.8) is 0 Å². The van der Waals surface area contributed by atoms with E-state index in [-0.39, 0.29) is 0 Å². The van der Waals surface area contributed by atoms with Gasteiger partial charge in [0.15, 0.2) is 0 Å². The Morgan fingerprint density at radius 2 is 1.62 bits per heavy atom. The first kappa shape index (κ1) is 17.3. The Hall–Kier alpha value is -1.73. The minimum atomic E-state index is -0.528. The van der Waals surface area contributed by atoms with E-state index in [2.05, 4.69) is 25.2 Å². The van der Waals surface area contributed by atoms with Gasteiger partial charge in [-0.2, -0.15) is 5.26 Å². The first-order chi connectivity index (χ1) is 10.1. The molecule has 0 aliphatic heterocycles. The fourth-order valence-electron chi connectivity index (χ4n) is 1.81. The summed E-state index contributed by atoms with van der Waals surface area (Å²) in [5.74, 6) is 1.66. The van der Waals surface area contributed by atoms with Crippen LogP contribution in [0.25, 0.3) is 0 Å². The summed E-state index contributed by atoms with van der Waals surface area (Å²) in [5, 5.41) is 12.5. The Labute approximate surface area is 128 Å². The summed E-state index contributed by atoms with van der Waals surface area (Å²) in [5.41, 5.74) is -0.528. The van der Waals surface area contributed by atoms with E-state index >= 15 is 0 Å². The molecule has 4 heteroatoms. The molecule has 0 aromatic heterocycles. The molecular weight excluding hydrogens is 264 g/mol. The van der Waals surface area contributed by atoms with Crippen LogP contribution in [0, 0.1) is 11.3 Å². The lowest BCUT2D eigenvalue weighted by Gasteiger charge is -2.23. The summed E-state index contributed by atoms with van der Waals surface area (Å²) >= 11 is 0. The number of hydrogen-bond donors (Lipinski definition) is 1. The summed E-state index contributed by atoms with van der Waals surface area (Å²) in [6, 6.07) is 9.93. The van der Waals surface area contributed by atoms with E-state index in [1.165, 1.54) is 0 Å². The van der Waals surface area contributed by atoms with Crippen molar-refractivity contribution in [1.82, 2.24) is 5.32 Å². The highest BCUT2D eigenvalue weighted by atomic mass is 16.5. The second-order valence-electron chi connectivity index (χ2n) is 5.29. The lowest BCUT2D eigenvalue weighted by atomic mass is 10.0. The molecule has 1 atom stereocenters. The molecule has 21 heavy (non-hydrogen) atoms. The van der Waals surface area contributed by atoms with Crippen LogP contribution in [0.4, 0.5) is 0 Å². The SMILES string of the molecule is CCCNC(C)(C#N)CCOc1ccc(OCCC)cc1. The molecule has 0 bridgehead atoms. The van der Waals surface area contributed by atoms with Crippen LogP contribution in [-0.2, 0) is 0 Å². The number of benzene rings is 1. The van der Waals surface area contributed by atoms with Crippen LogP contribution in [0.5, 0.6) is 11.5 Å². The van der Waals surface area contributed by atoms with Crippen molar-refractivity contribution < 1.29 is 9.47 Å². The largest absolute Gasteiger partial charge is 0.494 e. The average Bonchev–Trinajstić information content (AvgIpc) is 2.52. The fraction of sp³-hybridized carbons (Fsp3) is 0.588. The van der Waals surface area contributed by atoms with E-state index in [1.54, 1.807) is 0 Å². The summed E-state index contributed by atoms with van der Waals surface area (Å²) in [7, 11) is 0. The van der Waals surface area contributed by atoms with E-state index < -0.39 is 5.54 Å². The molecular formula is C17H26N2O2. The van der Waals surface area contributed by atoms with Gasteiger partial charge in [-0.15, -0.1) is 0 Å². The van der Waals surface area contributed by atoms with E-state index in [0.717, 1.165) is 37.5 Å². The molecule has 0 fully saturated rings. The minimum absolute atomic E-state index is 0.510. The molecule has 0 spiro atoms. The van der Waals surface area contributed by atoms with Crippen molar-refractivity contribution in [3.8, 4) is 17.6 Å². The van der Waals surface area contributed by atoms with Crippen LogP contribution >= 0.6 is 0 Å². The quantitative estimate of drug-likeness (QED) is 0.716. The zero-order valence-electron chi connectivity index (χ0n) is 13.3. The van der Waals surface area contributed by atoms with Crippen molar-refractivity contribution in [2.24, 2.45) is 0 Å². The third-order valence-corrected chi connectivity index (χ3v) is 3.18. The van der Waals surface area contributed by atoms with Gasteiger partial charge in [-0.1, -0.05) is 13.8 Å². The summed E-state index contributed by atoms with van der Waals surface area (Å²) in [6.45, 7) is 8.15. The van der Waals surface area contributed by atoms with Gasteiger partial charge >= 0.3 is 0 Å². The van der Waals surface area contributed by atoms with Crippen LogP contribution in [-0.4, -0.2) is 25.3 Å². The number of nitriles is 1. The third-order valence-electron chi connectivity index (χ3n) is 3.18. The van der Waals surface area contributed by atoms with Gasteiger partial charge in [0.2, 0.25) is 0 Å². The van der Waals surface area contributed by atoms with Crippen LogP contribution in [0.3, 0.4) is 0 Å². The molecule has 0 heterocycles. The molecule has 116 valence electrons. The highest BCUT2D eigenvalue weighted by Crippen LogP contribution is 2.18. The summed E-state index contributed by atoms with van der Waals surface area (Å²) in [4.78, 5) is 0. The molecule has 1 N–H and O–H groups in total. The van der Waals surface area contributed by atoms with E-state index in [1.807, 2.05) is 31.2 Å². The van der Waals surface area contributed by atoms with Crippen molar-refractivity contribution in [3.05, 3.63) is 24.3 Å². The van der Waals surface area contributed by atoms with Crippen molar-refractivity contribution >= 4 is 0 Å². The molecule has 0 saturated heterocycles. The Morgan fingerprint density at radius 1 is 1.05 bits per heavy atom. The van der Waals surface area contributed by atoms with Gasteiger partial charge in [0.05, 0.1) is 19.3 Å². The second-order valence-corrected chi connectivity index (χ2v) is 5.29. The third kappa shape index (κ3) is 6.50. The van der Waals surface area contributed by atoms with E-state index in [9.17, 15) is 5.26 Å². The molecule has 0 aliphatic carbocycles. The Bertz CT molecular complexity index is 439. The predicted molar refractivity (Wildman–Crippen MR) is 84.7 cm³/mol. The molecule has 1 rings (SSSR count). The highest BCUT2D eigenvalue weighted by molar-refractivity contribution is 5.31. The average molecular weight is 290 g/mol.